The van der Waals surface area contributed by atoms with Crippen LogP contribution in [0.25, 0.3) is 0 Å². The van der Waals surface area contributed by atoms with Gasteiger partial charge in [-0.2, -0.15) is 0 Å². The van der Waals surface area contributed by atoms with E-state index in [0.29, 0.717) is 35.7 Å². The van der Waals surface area contributed by atoms with Gasteiger partial charge in [-0.05, 0) is 62.6 Å². The lowest BCUT2D eigenvalue weighted by Gasteiger charge is -2.36. The van der Waals surface area contributed by atoms with Crippen LogP contribution in [0.1, 0.15) is 33.1 Å². The van der Waals surface area contributed by atoms with E-state index in [4.69, 9.17) is 16.3 Å². The molecule has 3 N–H and O–H groups in total. The molecule has 0 aromatic heterocycles. The van der Waals surface area contributed by atoms with Gasteiger partial charge in [0.1, 0.15) is 11.6 Å². The number of rotatable bonds is 7. The number of benzene rings is 2. The summed E-state index contributed by atoms with van der Waals surface area (Å²) in [6.07, 6.45) is 1.46. The number of halogens is 1. The van der Waals surface area contributed by atoms with Gasteiger partial charge in [0.15, 0.2) is 0 Å². The van der Waals surface area contributed by atoms with Gasteiger partial charge in [0.25, 0.3) is 0 Å². The minimum Gasteiger partial charge on any atom is -0.394 e. The van der Waals surface area contributed by atoms with Gasteiger partial charge in [0, 0.05) is 16.4 Å². The normalized spacial score (nSPS) is 31.3. The average Bonchev–Trinajstić information content (AvgIpc) is 3.43. The number of nitrogens with zero attached hydrogens (tertiary/aromatic N) is 1. The number of aliphatic hydroxyl groups is 1. The SMILES string of the molecule is CC[C@@H](CO)N1C(=O)[C@@H]2[C@H](C(=O)Nc3ccccc3)[C@]3(C)CCC2(O3)C1C(=O)Nc1ccc(Cl)cc1. The van der Waals surface area contributed by atoms with E-state index in [1.165, 1.54) is 4.90 Å². The first kappa shape index (κ1) is 24.7. The molecule has 2 aromatic rings. The summed E-state index contributed by atoms with van der Waals surface area (Å²) in [5.74, 6) is -2.65. The summed E-state index contributed by atoms with van der Waals surface area (Å²) < 4.78 is 6.59. The van der Waals surface area contributed by atoms with Crippen LogP contribution in [-0.4, -0.2) is 57.6 Å². The van der Waals surface area contributed by atoms with Crippen LogP contribution in [0.4, 0.5) is 11.4 Å². The second kappa shape index (κ2) is 9.18. The third-order valence-corrected chi connectivity index (χ3v) is 8.23. The van der Waals surface area contributed by atoms with E-state index in [2.05, 4.69) is 10.6 Å². The molecule has 8 nitrogen and oxygen atoms in total. The fourth-order valence-corrected chi connectivity index (χ4v) is 6.48. The standard InChI is InChI=1S/C27H30ClN3O5/c1-3-19(15-32)31-22(24(34)30-18-11-9-16(28)10-12-18)27-14-13-26(2,36-27)20(21(27)25(31)35)23(33)29-17-7-5-4-6-8-17/h4-12,19-22,32H,3,13-15H2,1-2H3,(H,29,33)(H,30,34)/t19-,20+,21-,22?,26-,27?/m0/s1. The Morgan fingerprint density at radius 3 is 2.36 bits per heavy atom. The Morgan fingerprint density at radius 1 is 1.08 bits per heavy atom. The fourth-order valence-electron chi connectivity index (χ4n) is 6.36. The van der Waals surface area contributed by atoms with Gasteiger partial charge in [0.2, 0.25) is 17.7 Å². The van der Waals surface area contributed by atoms with Crippen molar-refractivity contribution in [3.05, 3.63) is 59.6 Å². The van der Waals surface area contributed by atoms with Crippen molar-refractivity contribution in [1.82, 2.24) is 4.90 Å². The predicted molar refractivity (Wildman–Crippen MR) is 135 cm³/mol. The Morgan fingerprint density at radius 2 is 1.72 bits per heavy atom. The van der Waals surface area contributed by atoms with Crippen LogP contribution >= 0.6 is 11.6 Å². The molecule has 1 spiro atoms. The summed E-state index contributed by atoms with van der Waals surface area (Å²) in [6, 6.07) is 14.2. The third-order valence-electron chi connectivity index (χ3n) is 7.97. The maximum Gasteiger partial charge on any atom is 0.250 e. The maximum atomic E-state index is 14.0. The number of aliphatic hydroxyl groups excluding tert-OH is 1. The summed E-state index contributed by atoms with van der Waals surface area (Å²) >= 11 is 5.99. The number of fused-ring (bicyclic) bond motifs is 1. The van der Waals surface area contributed by atoms with E-state index >= 15 is 0 Å². The molecule has 0 aliphatic carbocycles. The van der Waals surface area contributed by atoms with Gasteiger partial charge < -0.3 is 25.4 Å². The highest BCUT2D eigenvalue weighted by molar-refractivity contribution is 6.30. The van der Waals surface area contributed by atoms with E-state index in [1.807, 2.05) is 32.0 Å². The molecule has 0 saturated carbocycles. The second-order valence-electron chi connectivity index (χ2n) is 10.1. The van der Waals surface area contributed by atoms with Crippen LogP contribution in [0, 0.1) is 11.8 Å². The predicted octanol–water partition coefficient (Wildman–Crippen LogP) is 3.45. The number of ether oxygens (including phenoxy) is 1. The van der Waals surface area contributed by atoms with E-state index in [-0.39, 0.29) is 18.4 Å². The van der Waals surface area contributed by atoms with E-state index in [1.54, 1.807) is 36.4 Å². The average molecular weight is 512 g/mol. The zero-order chi connectivity index (χ0) is 25.7. The molecule has 2 aromatic carbocycles. The van der Waals surface area contributed by atoms with Crippen molar-refractivity contribution in [3.8, 4) is 0 Å². The highest BCUT2D eigenvalue weighted by Gasteiger charge is 2.78. The molecule has 3 amide bonds. The zero-order valence-electron chi connectivity index (χ0n) is 20.2. The quantitative estimate of drug-likeness (QED) is 0.527. The summed E-state index contributed by atoms with van der Waals surface area (Å²) in [6.45, 7) is 3.41. The molecule has 3 aliphatic rings. The number of hydrogen-bond donors (Lipinski definition) is 3. The van der Waals surface area contributed by atoms with Gasteiger partial charge in [0.05, 0.1) is 30.1 Å². The number of para-hydroxylation sites is 1. The lowest BCUT2D eigenvalue weighted by molar-refractivity contribution is -0.146. The van der Waals surface area contributed by atoms with Crippen molar-refractivity contribution >= 4 is 40.7 Å². The Bertz CT molecular complexity index is 1170. The van der Waals surface area contributed by atoms with Crippen LogP contribution in [0.15, 0.2) is 54.6 Å². The van der Waals surface area contributed by atoms with Gasteiger partial charge in [-0.3, -0.25) is 14.4 Å². The van der Waals surface area contributed by atoms with Crippen molar-refractivity contribution in [2.75, 3.05) is 17.2 Å². The Hall–Kier alpha value is -2.94. The molecule has 9 heteroatoms. The number of amides is 3. The number of carbonyl (C=O) groups is 3. The molecule has 0 radical (unpaired) electrons. The Kier molecular flexibility index (Phi) is 6.31. The summed E-state index contributed by atoms with van der Waals surface area (Å²) in [5, 5.41) is 16.5. The monoisotopic (exact) mass is 511 g/mol. The van der Waals surface area contributed by atoms with E-state index < -0.39 is 41.0 Å². The smallest absolute Gasteiger partial charge is 0.250 e. The second-order valence-corrected chi connectivity index (χ2v) is 10.5. The van der Waals surface area contributed by atoms with Crippen molar-refractivity contribution in [2.24, 2.45) is 11.8 Å². The first-order valence-electron chi connectivity index (χ1n) is 12.3. The molecule has 2 unspecified atom stereocenters. The molecule has 5 rings (SSSR count). The number of carbonyl (C=O) groups excluding carboxylic acids is 3. The van der Waals surface area contributed by atoms with Crippen LogP contribution in [0.2, 0.25) is 5.02 Å². The molecule has 6 atom stereocenters. The van der Waals surface area contributed by atoms with Gasteiger partial charge >= 0.3 is 0 Å². The number of hydrogen-bond acceptors (Lipinski definition) is 5. The Balaban J connectivity index is 1.53. The third kappa shape index (κ3) is 3.79. The molecule has 3 fully saturated rings. The lowest BCUT2D eigenvalue weighted by Crippen LogP contribution is -2.56. The lowest BCUT2D eigenvalue weighted by atomic mass is 9.66. The Labute approximate surface area is 215 Å². The fraction of sp³-hybridized carbons (Fsp3) is 0.444. The maximum absolute atomic E-state index is 14.0. The van der Waals surface area contributed by atoms with Crippen molar-refractivity contribution in [3.63, 3.8) is 0 Å². The van der Waals surface area contributed by atoms with Gasteiger partial charge in [-0.15, -0.1) is 0 Å². The minimum atomic E-state index is -1.16. The van der Waals surface area contributed by atoms with Crippen LogP contribution in [0.3, 0.4) is 0 Å². The molecule has 3 heterocycles. The van der Waals surface area contributed by atoms with E-state index in [9.17, 15) is 19.5 Å². The van der Waals surface area contributed by atoms with Crippen molar-refractivity contribution < 1.29 is 24.2 Å². The molecule has 190 valence electrons. The topological polar surface area (TPSA) is 108 Å². The largest absolute Gasteiger partial charge is 0.394 e. The summed E-state index contributed by atoms with van der Waals surface area (Å²) in [4.78, 5) is 42.8. The molecule has 3 aliphatic heterocycles. The summed E-state index contributed by atoms with van der Waals surface area (Å²) in [7, 11) is 0. The molecular formula is C27H30ClN3O5. The van der Waals surface area contributed by atoms with Gasteiger partial charge in [-0.1, -0.05) is 36.7 Å². The van der Waals surface area contributed by atoms with Crippen LogP contribution < -0.4 is 10.6 Å². The van der Waals surface area contributed by atoms with Crippen molar-refractivity contribution in [2.45, 2.75) is 56.4 Å². The first-order valence-corrected chi connectivity index (χ1v) is 12.7. The van der Waals surface area contributed by atoms with Crippen LogP contribution in [0.5, 0.6) is 0 Å². The van der Waals surface area contributed by atoms with Gasteiger partial charge in [-0.25, -0.2) is 0 Å². The molecule has 2 bridgehead atoms. The minimum absolute atomic E-state index is 0.298. The first-order chi connectivity index (χ1) is 17.2. The molecular weight excluding hydrogens is 482 g/mol. The summed E-state index contributed by atoms with van der Waals surface area (Å²) in [5.41, 5.74) is -0.885. The number of nitrogens with one attached hydrogen (secondary N) is 2. The highest BCUT2D eigenvalue weighted by atomic mass is 35.5. The number of anilines is 2. The highest BCUT2D eigenvalue weighted by Crippen LogP contribution is 2.63. The number of likely N-dealkylation sites (tertiary alicyclic amines) is 1. The molecule has 36 heavy (non-hydrogen) atoms. The zero-order valence-corrected chi connectivity index (χ0v) is 21.0. The van der Waals surface area contributed by atoms with E-state index in [0.717, 1.165) is 0 Å². The molecule has 3 saturated heterocycles. The van der Waals surface area contributed by atoms with Crippen molar-refractivity contribution in [1.29, 1.82) is 0 Å². The van der Waals surface area contributed by atoms with Crippen LogP contribution in [-0.2, 0) is 19.1 Å².